The van der Waals surface area contributed by atoms with Crippen LogP contribution < -0.4 is 5.43 Å². The van der Waals surface area contributed by atoms with Gasteiger partial charge in [0.05, 0.1) is 11.8 Å². The van der Waals surface area contributed by atoms with Gasteiger partial charge in [0.1, 0.15) is 11.5 Å². The summed E-state index contributed by atoms with van der Waals surface area (Å²) in [6, 6.07) is 18.6. The van der Waals surface area contributed by atoms with Gasteiger partial charge in [-0.1, -0.05) is 30.3 Å². The SMILES string of the molecule is O=C(O)c1ccc(-c2ccc(C=NNC(=O)c3ccccc3)o2)cc1. The van der Waals surface area contributed by atoms with Gasteiger partial charge in [-0.05, 0) is 36.4 Å². The number of hydrazone groups is 1. The molecule has 3 aromatic rings. The lowest BCUT2D eigenvalue weighted by molar-refractivity contribution is 0.0696. The summed E-state index contributed by atoms with van der Waals surface area (Å²) >= 11 is 0. The molecular weight excluding hydrogens is 320 g/mol. The first kappa shape index (κ1) is 16.2. The van der Waals surface area contributed by atoms with E-state index in [4.69, 9.17) is 9.52 Å². The van der Waals surface area contributed by atoms with Gasteiger partial charge in [-0.2, -0.15) is 5.10 Å². The van der Waals surface area contributed by atoms with Gasteiger partial charge in [-0.25, -0.2) is 10.2 Å². The normalized spacial score (nSPS) is 10.7. The van der Waals surface area contributed by atoms with E-state index in [9.17, 15) is 9.59 Å². The van der Waals surface area contributed by atoms with Crippen molar-refractivity contribution in [2.45, 2.75) is 0 Å². The topological polar surface area (TPSA) is 91.9 Å². The van der Waals surface area contributed by atoms with Crippen LogP contribution in [-0.4, -0.2) is 23.2 Å². The molecule has 6 nitrogen and oxygen atoms in total. The van der Waals surface area contributed by atoms with Crippen LogP contribution in [0.25, 0.3) is 11.3 Å². The molecule has 3 rings (SSSR count). The van der Waals surface area contributed by atoms with Crippen molar-refractivity contribution in [1.82, 2.24) is 5.43 Å². The molecule has 0 fully saturated rings. The number of carboxylic acid groups (broad SMARTS) is 1. The van der Waals surface area contributed by atoms with Crippen molar-refractivity contribution in [2.24, 2.45) is 5.10 Å². The summed E-state index contributed by atoms with van der Waals surface area (Å²) < 4.78 is 5.61. The molecule has 0 radical (unpaired) electrons. The Kier molecular flexibility index (Phi) is 4.71. The highest BCUT2D eigenvalue weighted by Gasteiger charge is 2.07. The number of hydrogen-bond donors (Lipinski definition) is 2. The van der Waals surface area contributed by atoms with E-state index in [1.807, 2.05) is 6.07 Å². The molecule has 0 aliphatic heterocycles. The number of carbonyl (C=O) groups is 2. The zero-order chi connectivity index (χ0) is 17.6. The molecule has 2 N–H and O–H groups in total. The molecule has 0 aliphatic carbocycles. The van der Waals surface area contributed by atoms with Crippen LogP contribution in [0, 0.1) is 0 Å². The number of hydrogen-bond acceptors (Lipinski definition) is 4. The van der Waals surface area contributed by atoms with Gasteiger partial charge in [0.15, 0.2) is 0 Å². The van der Waals surface area contributed by atoms with Crippen molar-refractivity contribution >= 4 is 18.1 Å². The maximum Gasteiger partial charge on any atom is 0.335 e. The number of benzene rings is 2. The largest absolute Gasteiger partial charge is 0.478 e. The van der Waals surface area contributed by atoms with Crippen LogP contribution in [0.15, 0.2) is 76.2 Å². The first-order chi connectivity index (χ1) is 12.1. The summed E-state index contributed by atoms with van der Waals surface area (Å²) in [4.78, 5) is 22.7. The minimum atomic E-state index is -0.979. The van der Waals surface area contributed by atoms with Gasteiger partial charge < -0.3 is 9.52 Å². The molecule has 6 heteroatoms. The number of nitrogens with one attached hydrogen (secondary N) is 1. The highest BCUT2D eigenvalue weighted by Crippen LogP contribution is 2.22. The second kappa shape index (κ2) is 7.27. The summed E-state index contributed by atoms with van der Waals surface area (Å²) in [5.41, 5.74) is 3.89. The van der Waals surface area contributed by atoms with Crippen LogP contribution in [0.1, 0.15) is 26.5 Å². The molecular formula is C19H14N2O4. The molecule has 0 unspecified atom stereocenters. The first-order valence-electron chi connectivity index (χ1n) is 7.45. The van der Waals surface area contributed by atoms with E-state index in [0.29, 0.717) is 17.1 Å². The highest BCUT2D eigenvalue weighted by atomic mass is 16.4. The van der Waals surface area contributed by atoms with Gasteiger partial charge in [-0.15, -0.1) is 0 Å². The van der Waals surface area contributed by atoms with Gasteiger partial charge in [0, 0.05) is 11.1 Å². The summed E-state index contributed by atoms with van der Waals surface area (Å²) in [5, 5.41) is 12.8. The van der Waals surface area contributed by atoms with Gasteiger partial charge >= 0.3 is 5.97 Å². The van der Waals surface area contributed by atoms with E-state index >= 15 is 0 Å². The third kappa shape index (κ3) is 4.00. The molecule has 1 amide bonds. The second-order valence-corrected chi connectivity index (χ2v) is 5.15. The minimum Gasteiger partial charge on any atom is -0.478 e. The van der Waals surface area contributed by atoms with Gasteiger partial charge in [-0.3, -0.25) is 4.79 Å². The molecule has 0 saturated carbocycles. The summed E-state index contributed by atoms with van der Waals surface area (Å²) in [7, 11) is 0. The standard InChI is InChI=1S/C19H14N2O4/c22-18(14-4-2-1-3-5-14)21-20-12-16-10-11-17(25-16)13-6-8-15(9-7-13)19(23)24/h1-12H,(H,21,22)(H,23,24). The minimum absolute atomic E-state index is 0.209. The molecule has 124 valence electrons. The van der Waals surface area contributed by atoms with Gasteiger partial charge in [0.2, 0.25) is 0 Å². The van der Waals surface area contributed by atoms with Crippen LogP contribution in [0.3, 0.4) is 0 Å². The number of furan rings is 1. The number of rotatable bonds is 5. The van der Waals surface area contributed by atoms with Crippen molar-refractivity contribution in [3.8, 4) is 11.3 Å². The number of aromatic carboxylic acids is 1. The van der Waals surface area contributed by atoms with Crippen LogP contribution in [0.5, 0.6) is 0 Å². The zero-order valence-electron chi connectivity index (χ0n) is 13.0. The fourth-order valence-corrected chi connectivity index (χ4v) is 2.16. The van der Waals surface area contributed by atoms with E-state index in [2.05, 4.69) is 10.5 Å². The molecule has 0 atom stereocenters. The molecule has 0 aliphatic rings. The summed E-state index contributed by atoms with van der Waals surface area (Å²) in [6.07, 6.45) is 1.40. The molecule has 2 aromatic carbocycles. The van der Waals surface area contributed by atoms with Crippen molar-refractivity contribution in [1.29, 1.82) is 0 Å². The van der Waals surface area contributed by atoms with Crippen LogP contribution >= 0.6 is 0 Å². The zero-order valence-corrected chi connectivity index (χ0v) is 13.0. The lowest BCUT2D eigenvalue weighted by atomic mass is 10.1. The third-order valence-corrected chi connectivity index (χ3v) is 3.44. The molecule has 0 bridgehead atoms. The van der Waals surface area contributed by atoms with Crippen LogP contribution in [-0.2, 0) is 0 Å². The maximum atomic E-state index is 11.8. The molecule has 0 saturated heterocycles. The first-order valence-corrected chi connectivity index (χ1v) is 7.45. The Balaban J connectivity index is 1.65. The number of nitrogens with zero attached hydrogens (tertiary/aromatic N) is 1. The van der Waals surface area contributed by atoms with Gasteiger partial charge in [0.25, 0.3) is 5.91 Å². The van der Waals surface area contributed by atoms with Crippen molar-refractivity contribution in [2.75, 3.05) is 0 Å². The average Bonchev–Trinajstić information content (AvgIpc) is 3.11. The quantitative estimate of drug-likeness (QED) is 0.552. The molecule has 1 aromatic heterocycles. The van der Waals surface area contributed by atoms with Crippen molar-refractivity contribution in [3.63, 3.8) is 0 Å². The van der Waals surface area contributed by atoms with E-state index in [0.717, 1.165) is 5.56 Å². The number of amides is 1. The number of carboxylic acids is 1. The highest BCUT2D eigenvalue weighted by molar-refractivity contribution is 5.94. The third-order valence-electron chi connectivity index (χ3n) is 3.44. The molecule has 25 heavy (non-hydrogen) atoms. The lowest BCUT2D eigenvalue weighted by Crippen LogP contribution is -2.17. The van der Waals surface area contributed by atoms with E-state index in [1.54, 1.807) is 48.5 Å². The van der Waals surface area contributed by atoms with E-state index in [1.165, 1.54) is 18.3 Å². The Labute approximate surface area is 143 Å². The average molecular weight is 334 g/mol. The van der Waals surface area contributed by atoms with Crippen LogP contribution in [0.4, 0.5) is 0 Å². The maximum absolute atomic E-state index is 11.8. The van der Waals surface area contributed by atoms with Crippen molar-refractivity contribution in [3.05, 3.63) is 83.6 Å². The van der Waals surface area contributed by atoms with Crippen LogP contribution in [0.2, 0.25) is 0 Å². The number of carbonyl (C=O) groups excluding carboxylic acids is 1. The second-order valence-electron chi connectivity index (χ2n) is 5.15. The fraction of sp³-hybridized carbons (Fsp3) is 0. The Morgan fingerprint density at radius 2 is 1.64 bits per heavy atom. The summed E-state index contributed by atoms with van der Waals surface area (Å²) in [5.74, 6) is -0.251. The monoisotopic (exact) mass is 334 g/mol. The Morgan fingerprint density at radius 1 is 0.920 bits per heavy atom. The smallest absolute Gasteiger partial charge is 0.335 e. The van der Waals surface area contributed by atoms with E-state index < -0.39 is 5.97 Å². The summed E-state index contributed by atoms with van der Waals surface area (Å²) in [6.45, 7) is 0. The fourth-order valence-electron chi connectivity index (χ4n) is 2.16. The molecule has 1 heterocycles. The van der Waals surface area contributed by atoms with Crippen molar-refractivity contribution < 1.29 is 19.1 Å². The molecule has 0 spiro atoms. The Hall–Kier alpha value is -3.67. The predicted octanol–water partition coefficient (Wildman–Crippen LogP) is 3.41. The van der Waals surface area contributed by atoms with E-state index in [-0.39, 0.29) is 11.5 Å². The lowest BCUT2D eigenvalue weighted by Gasteiger charge is -1.99. The Bertz CT molecular complexity index is 912. The predicted molar refractivity (Wildman–Crippen MR) is 92.6 cm³/mol. The Morgan fingerprint density at radius 3 is 2.32 bits per heavy atom.